The molecule has 1 aromatic rings. The normalized spacial score (nSPS) is 18.4. The molecule has 1 aromatic heterocycles. The van der Waals surface area contributed by atoms with Crippen LogP contribution in [0.15, 0.2) is 4.99 Å². The molecule has 0 aliphatic carbocycles. The second kappa shape index (κ2) is 8.46. The van der Waals surface area contributed by atoms with Gasteiger partial charge in [-0.1, -0.05) is 20.8 Å². The van der Waals surface area contributed by atoms with E-state index in [0.717, 1.165) is 50.0 Å². The summed E-state index contributed by atoms with van der Waals surface area (Å²) < 4.78 is 7.10. The minimum absolute atomic E-state index is 0.323. The van der Waals surface area contributed by atoms with Crippen LogP contribution in [0.25, 0.3) is 0 Å². The van der Waals surface area contributed by atoms with Gasteiger partial charge in [-0.25, -0.2) is 9.67 Å². The number of nitrogens with one attached hydrogen (secondary N) is 2. The van der Waals surface area contributed by atoms with E-state index in [0.29, 0.717) is 18.1 Å². The van der Waals surface area contributed by atoms with Gasteiger partial charge in [0.2, 0.25) is 0 Å². The molecule has 0 spiro atoms. The molecule has 0 bridgehead atoms. The predicted molar refractivity (Wildman–Crippen MR) is 96.0 cm³/mol. The van der Waals surface area contributed by atoms with Crippen molar-refractivity contribution in [2.45, 2.75) is 65.6 Å². The van der Waals surface area contributed by atoms with Gasteiger partial charge in [0.15, 0.2) is 11.8 Å². The molecule has 2 rings (SSSR count). The van der Waals surface area contributed by atoms with E-state index < -0.39 is 0 Å². The topological polar surface area (TPSA) is 76.4 Å². The van der Waals surface area contributed by atoms with Crippen LogP contribution < -0.4 is 10.6 Å². The van der Waals surface area contributed by atoms with Crippen LogP contribution in [0.1, 0.15) is 51.7 Å². The number of aromatic nitrogens is 3. The first-order valence-electron chi connectivity index (χ1n) is 8.80. The molecule has 136 valence electrons. The van der Waals surface area contributed by atoms with Crippen molar-refractivity contribution in [3.63, 3.8) is 0 Å². The molecule has 0 aromatic carbocycles. The number of nitrogens with zero attached hydrogens (tertiary/aromatic N) is 4. The van der Waals surface area contributed by atoms with Crippen molar-refractivity contribution in [1.82, 2.24) is 25.4 Å². The number of aryl methyl sites for hydroxylation is 1. The molecular weight excluding hydrogens is 304 g/mol. The summed E-state index contributed by atoms with van der Waals surface area (Å²) in [5.41, 5.74) is 0.380. The molecule has 7 nitrogen and oxygen atoms in total. The molecule has 7 heteroatoms. The maximum Gasteiger partial charge on any atom is 0.191 e. The van der Waals surface area contributed by atoms with Gasteiger partial charge in [0, 0.05) is 33.2 Å². The fourth-order valence-electron chi connectivity index (χ4n) is 2.88. The zero-order valence-electron chi connectivity index (χ0n) is 15.7. The van der Waals surface area contributed by atoms with Gasteiger partial charge < -0.3 is 15.4 Å². The predicted octanol–water partition coefficient (Wildman–Crippen LogP) is 1.73. The molecule has 0 amide bonds. The van der Waals surface area contributed by atoms with Crippen LogP contribution in [0.5, 0.6) is 0 Å². The molecule has 24 heavy (non-hydrogen) atoms. The van der Waals surface area contributed by atoms with E-state index in [1.54, 1.807) is 7.11 Å². The van der Waals surface area contributed by atoms with Crippen LogP contribution in [0, 0.1) is 5.41 Å². The standard InChI is InChI=1S/C17H32N6O/c1-17(2,3)9-6-10-19-16(18-4)20-13-7-8-15-21-14(12-24-5)22-23(15)11-13/h13H,6-12H2,1-5H3,(H2,18,19,20). The number of rotatable bonds is 6. The zero-order valence-corrected chi connectivity index (χ0v) is 15.7. The van der Waals surface area contributed by atoms with Crippen molar-refractivity contribution in [2.75, 3.05) is 20.7 Å². The highest BCUT2D eigenvalue weighted by molar-refractivity contribution is 5.79. The van der Waals surface area contributed by atoms with E-state index in [4.69, 9.17) is 4.74 Å². The van der Waals surface area contributed by atoms with E-state index in [1.165, 1.54) is 6.42 Å². The summed E-state index contributed by atoms with van der Waals surface area (Å²) in [5.74, 6) is 2.68. The number of methoxy groups -OCH3 is 1. The van der Waals surface area contributed by atoms with E-state index in [1.807, 2.05) is 11.7 Å². The third kappa shape index (κ3) is 5.78. The Bertz CT molecular complexity index is 546. The molecule has 1 aliphatic heterocycles. The SMILES string of the molecule is CN=C(NCCCC(C)(C)C)NC1CCc2nc(COC)nn2C1. The van der Waals surface area contributed by atoms with Crippen molar-refractivity contribution in [3.05, 3.63) is 11.6 Å². The number of hydrogen-bond acceptors (Lipinski definition) is 4. The summed E-state index contributed by atoms with van der Waals surface area (Å²) in [7, 11) is 3.49. The van der Waals surface area contributed by atoms with Crippen molar-refractivity contribution >= 4 is 5.96 Å². The Hall–Kier alpha value is -1.63. The zero-order chi connectivity index (χ0) is 17.6. The number of fused-ring (bicyclic) bond motifs is 1. The van der Waals surface area contributed by atoms with Gasteiger partial charge in [0.05, 0.1) is 6.54 Å². The molecule has 0 fully saturated rings. The lowest BCUT2D eigenvalue weighted by Crippen LogP contribution is -2.47. The third-order valence-corrected chi connectivity index (χ3v) is 4.14. The Morgan fingerprint density at radius 3 is 2.88 bits per heavy atom. The molecule has 2 heterocycles. The smallest absolute Gasteiger partial charge is 0.191 e. The number of ether oxygens (including phenoxy) is 1. The molecule has 1 aliphatic rings. The maximum absolute atomic E-state index is 5.11. The average Bonchev–Trinajstić information content (AvgIpc) is 2.91. The lowest BCUT2D eigenvalue weighted by atomic mass is 9.91. The minimum Gasteiger partial charge on any atom is -0.377 e. The van der Waals surface area contributed by atoms with E-state index >= 15 is 0 Å². The lowest BCUT2D eigenvalue weighted by Gasteiger charge is -2.25. The second-order valence-corrected chi connectivity index (χ2v) is 7.60. The summed E-state index contributed by atoms with van der Waals surface area (Å²) in [6, 6.07) is 0.323. The molecule has 1 atom stereocenters. The molecular formula is C17H32N6O. The highest BCUT2D eigenvalue weighted by atomic mass is 16.5. The fraction of sp³-hybridized carbons (Fsp3) is 0.824. The van der Waals surface area contributed by atoms with Crippen LogP contribution in [0.2, 0.25) is 0 Å². The van der Waals surface area contributed by atoms with Crippen LogP contribution in [-0.2, 0) is 24.3 Å². The average molecular weight is 336 g/mol. The Kier molecular flexibility index (Phi) is 6.60. The lowest BCUT2D eigenvalue weighted by molar-refractivity contribution is 0.177. The van der Waals surface area contributed by atoms with E-state index in [9.17, 15) is 0 Å². The monoisotopic (exact) mass is 336 g/mol. The maximum atomic E-state index is 5.11. The fourth-order valence-corrected chi connectivity index (χ4v) is 2.88. The van der Waals surface area contributed by atoms with Gasteiger partial charge in [-0.2, -0.15) is 5.10 Å². The summed E-state index contributed by atoms with van der Waals surface area (Å²) in [6.45, 7) is 9.04. The molecule has 0 saturated carbocycles. The van der Waals surface area contributed by atoms with Gasteiger partial charge in [-0.3, -0.25) is 4.99 Å². The summed E-state index contributed by atoms with van der Waals surface area (Å²) in [5, 5.41) is 11.4. The van der Waals surface area contributed by atoms with E-state index in [2.05, 4.69) is 46.5 Å². The highest BCUT2D eigenvalue weighted by Gasteiger charge is 2.22. The highest BCUT2D eigenvalue weighted by Crippen LogP contribution is 2.19. The largest absolute Gasteiger partial charge is 0.377 e. The van der Waals surface area contributed by atoms with Crippen LogP contribution in [-0.4, -0.2) is 47.5 Å². The summed E-state index contributed by atoms with van der Waals surface area (Å²) >= 11 is 0. The van der Waals surface area contributed by atoms with Crippen molar-refractivity contribution < 1.29 is 4.74 Å². The minimum atomic E-state index is 0.323. The number of hydrogen-bond donors (Lipinski definition) is 2. The van der Waals surface area contributed by atoms with Crippen LogP contribution in [0.4, 0.5) is 0 Å². The van der Waals surface area contributed by atoms with Gasteiger partial charge in [0.25, 0.3) is 0 Å². The first kappa shape index (κ1) is 18.7. The summed E-state index contributed by atoms with van der Waals surface area (Å²) in [4.78, 5) is 8.85. The van der Waals surface area contributed by atoms with Crippen molar-refractivity contribution in [3.8, 4) is 0 Å². The Balaban J connectivity index is 1.79. The Morgan fingerprint density at radius 2 is 2.21 bits per heavy atom. The van der Waals surface area contributed by atoms with Crippen LogP contribution in [0.3, 0.4) is 0 Å². The first-order valence-corrected chi connectivity index (χ1v) is 8.80. The Morgan fingerprint density at radius 1 is 1.42 bits per heavy atom. The number of guanidine groups is 1. The van der Waals surface area contributed by atoms with Gasteiger partial charge in [0.1, 0.15) is 12.4 Å². The summed E-state index contributed by atoms with van der Waals surface area (Å²) in [6.07, 6.45) is 4.30. The molecule has 0 radical (unpaired) electrons. The third-order valence-electron chi connectivity index (χ3n) is 4.14. The van der Waals surface area contributed by atoms with Crippen molar-refractivity contribution in [1.29, 1.82) is 0 Å². The quantitative estimate of drug-likeness (QED) is 0.470. The molecule has 2 N–H and O–H groups in total. The van der Waals surface area contributed by atoms with Crippen LogP contribution >= 0.6 is 0 Å². The van der Waals surface area contributed by atoms with Gasteiger partial charge >= 0.3 is 0 Å². The van der Waals surface area contributed by atoms with Crippen molar-refractivity contribution in [2.24, 2.45) is 10.4 Å². The second-order valence-electron chi connectivity index (χ2n) is 7.60. The Labute approximate surface area is 145 Å². The van der Waals surface area contributed by atoms with E-state index in [-0.39, 0.29) is 0 Å². The van der Waals surface area contributed by atoms with Gasteiger partial charge in [-0.15, -0.1) is 0 Å². The van der Waals surface area contributed by atoms with Gasteiger partial charge in [-0.05, 0) is 24.7 Å². The molecule has 0 saturated heterocycles. The molecule has 1 unspecified atom stereocenters. The number of aliphatic imine (C=N–C) groups is 1. The first-order chi connectivity index (χ1) is 11.4.